The summed E-state index contributed by atoms with van der Waals surface area (Å²) < 4.78 is 10.4. The summed E-state index contributed by atoms with van der Waals surface area (Å²) in [5.74, 6) is -2.29. The maximum absolute atomic E-state index is 12.5. The Morgan fingerprint density at radius 1 is 1.02 bits per heavy atom. The topological polar surface area (TPSA) is 201 Å². The summed E-state index contributed by atoms with van der Waals surface area (Å²) in [6.45, 7) is 2.06. The predicted octanol–water partition coefficient (Wildman–Crippen LogP) is 1.85. The molecule has 0 bridgehead atoms. The normalized spacial score (nSPS) is 11.0. The lowest BCUT2D eigenvalue weighted by Crippen LogP contribution is -2.49. The van der Waals surface area contributed by atoms with E-state index in [-0.39, 0.29) is 30.1 Å². The first-order chi connectivity index (χ1) is 19.3. The van der Waals surface area contributed by atoms with Crippen molar-refractivity contribution in [2.45, 2.75) is 13.0 Å². The monoisotopic (exact) mass is 552 g/mol. The van der Waals surface area contributed by atoms with E-state index in [0.29, 0.717) is 23.9 Å². The van der Waals surface area contributed by atoms with Crippen LogP contribution in [0.3, 0.4) is 0 Å². The molecule has 6 N–H and O–H groups in total. The lowest BCUT2D eigenvalue weighted by Gasteiger charge is -2.16. The third kappa shape index (κ3) is 8.86. The number of urea groups is 1. The Hall–Kier alpha value is -5.40. The summed E-state index contributed by atoms with van der Waals surface area (Å²) in [6.07, 6.45) is 3.19. The van der Waals surface area contributed by atoms with E-state index in [4.69, 9.17) is 9.47 Å². The van der Waals surface area contributed by atoms with Gasteiger partial charge in [0.05, 0.1) is 24.3 Å². The van der Waals surface area contributed by atoms with Gasteiger partial charge in [0, 0.05) is 30.7 Å². The van der Waals surface area contributed by atoms with E-state index in [1.54, 1.807) is 25.4 Å². The van der Waals surface area contributed by atoms with Crippen molar-refractivity contribution >= 4 is 35.5 Å². The van der Waals surface area contributed by atoms with Crippen LogP contribution in [-0.4, -0.2) is 76.4 Å². The number of nitrogens with zero attached hydrogens (tertiary/aromatic N) is 2. The van der Waals surface area contributed by atoms with Gasteiger partial charge in [-0.1, -0.05) is 0 Å². The highest BCUT2D eigenvalue weighted by atomic mass is 16.5. The molecule has 3 rings (SSSR count). The molecule has 0 spiro atoms. The molecule has 0 saturated heterocycles. The van der Waals surface area contributed by atoms with E-state index < -0.39 is 36.5 Å². The van der Waals surface area contributed by atoms with Crippen molar-refractivity contribution in [3.05, 3.63) is 72.1 Å². The second-order valence-corrected chi connectivity index (χ2v) is 8.02. The van der Waals surface area contributed by atoms with Crippen LogP contribution in [0.15, 0.2) is 60.9 Å². The van der Waals surface area contributed by atoms with Crippen LogP contribution in [0.5, 0.6) is 11.5 Å². The Morgan fingerprint density at radius 3 is 2.40 bits per heavy atom. The zero-order valence-corrected chi connectivity index (χ0v) is 21.4. The van der Waals surface area contributed by atoms with Crippen LogP contribution < -0.4 is 26.0 Å². The molecule has 0 aliphatic rings. The van der Waals surface area contributed by atoms with Crippen molar-refractivity contribution in [2.24, 2.45) is 0 Å². The summed E-state index contributed by atoms with van der Waals surface area (Å²) in [5.41, 5.74) is 0.477. The van der Waals surface area contributed by atoms with Crippen LogP contribution in [0.1, 0.15) is 27.6 Å². The molecule has 0 radical (unpaired) electrons. The summed E-state index contributed by atoms with van der Waals surface area (Å²) in [6, 6.07) is 9.21. The van der Waals surface area contributed by atoms with Crippen LogP contribution >= 0.6 is 0 Å². The van der Waals surface area contributed by atoms with E-state index in [9.17, 15) is 29.4 Å². The third-order valence-electron chi connectivity index (χ3n) is 5.16. The van der Waals surface area contributed by atoms with E-state index in [1.807, 2.05) is 0 Å². The van der Waals surface area contributed by atoms with Gasteiger partial charge in [-0.25, -0.2) is 24.4 Å². The van der Waals surface area contributed by atoms with Crippen molar-refractivity contribution in [1.29, 1.82) is 0 Å². The fraction of sp³-hybridized carbons (Fsp3) is 0.231. The Morgan fingerprint density at radius 2 is 1.75 bits per heavy atom. The fourth-order valence-electron chi connectivity index (χ4n) is 3.23. The number of aromatic nitrogens is 2. The number of esters is 1. The number of nitrogens with one attached hydrogen (secondary N) is 4. The molecule has 1 heterocycles. The van der Waals surface area contributed by atoms with Gasteiger partial charge in [-0.15, -0.1) is 0 Å². The molecule has 1 aromatic heterocycles. The van der Waals surface area contributed by atoms with Gasteiger partial charge in [-0.05, 0) is 49.4 Å². The summed E-state index contributed by atoms with van der Waals surface area (Å²) in [5, 5.41) is 29.7. The standard InChI is InChI=1S/C26H28N6O8/c1-2-39-24(37)16-4-6-17(7-5-16)31-26(38)32-20(23(35)36)15-30-22(34)19-9-8-18(14-21(19)33)40-13-12-29-25-27-10-3-11-28-25/h3-11,14,20,33H,2,12-13,15H2,1H3,(H,30,34)(H,35,36)(H,27,28,29)(H2,31,32,38)/t20-/m0/s1. The average molecular weight is 553 g/mol. The molecule has 1 atom stereocenters. The van der Waals surface area contributed by atoms with Gasteiger partial charge in [0.1, 0.15) is 24.1 Å². The quantitative estimate of drug-likeness (QED) is 0.133. The van der Waals surface area contributed by atoms with Crippen molar-refractivity contribution in [1.82, 2.24) is 20.6 Å². The summed E-state index contributed by atoms with van der Waals surface area (Å²) in [7, 11) is 0. The molecule has 40 heavy (non-hydrogen) atoms. The number of carbonyl (C=O) groups excluding carboxylic acids is 3. The van der Waals surface area contributed by atoms with Crippen LogP contribution in [-0.2, 0) is 9.53 Å². The van der Waals surface area contributed by atoms with Gasteiger partial charge < -0.3 is 41.0 Å². The summed E-state index contributed by atoms with van der Waals surface area (Å²) in [4.78, 5) is 56.2. The lowest BCUT2D eigenvalue weighted by atomic mass is 10.1. The van der Waals surface area contributed by atoms with Crippen LogP contribution in [0.4, 0.5) is 16.4 Å². The van der Waals surface area contributed by atoms with Crippen molar-refractivity contribution < 1.29 is 38.9 Å². The number of benzene rings is 2. The van der Waals surface area contributed by atoms with Gasteiger partial charge in [-0.2, -0.15) is 0 Å². The number of amides is 3. The average Bonchev–Trinajstić information content (AvgIpc) is 2.94. The minimum absolute atomic E-state index is 0.113. The number of aliphatic carboxylic acids is 1. The Bertz CT molecular complexity index is 1320. The predicted molar refractivity (Wildman–Crippen MR) is 142 cm³/mol. The second kappa shape index (κ2) is 14.5. The number of anilines is 2. The largest absolute Gasteiger partial charge is 0.507 e. The van der Waals surface area contributed by atoms with Crippen LogP contribution in [0.2, 0.25) is 0 Å². The van der Waals surface area contributed by atoms with Gasteiger partial charge in [0.2, 0.25) is 5.95 Å². The number of carboxylic acids is 1. The molecule has 2 aromatic carbocycles. The number of aromatic hydroxyl groups is 1. The summed E-state index contributed by atoms with van der Waals surface area (Å²) >= 11 is 0. The number of ether oxygens (including phenoxy) is 2. The Labute approximate surface area is 228 Å². The highest BCUT2D eigenvalue weighted by Crippen LogP contribution is 2.23. The molecule has 3 aromatic rings. The number of rotatable bonds is 13. The van der Waals surface area contributed by atoms with E-state index >= 15 is 0 Å². The highest BCUT2D eigenvalue weighted by Gasteiger charge is 2.22. The maximum Gasteiger partial charge on any atom is 0.338 e. The Balaban J connectivity index is 1.47. The molecule has 3 amide bonds. The first-order valence-corrected chi connectivity index (χ1v) is 12.1. The van der Waals surface area contributed by atoms with E-state index in [0.717, 1.165) is 0 Å². The first-order valence-electron chi connectivity index (χ1n) is 12.1. The number of hydrogen-bond donors (Lipinski definition) is 6. The molecule has 14 heteroatoms. The highest BCUT2D eigenvalue weighted by molar-refractivity contribution is 5.98. The SMILES string of the molecule is CCOC(=O)c1ccc(NC(=O)N[C@@H](CNC(=O)c2ccc(OCCNc3ncccn3)cc2O)C(=O)O)cc1. The van der Waals surface area contributed by atoms with E-state index in [1.165, 1.54) is 42.5 Å². The number of phenolic OH excluding ortho intramolecular Hbond substituents is 1. The molecule has 0 aliphatic heterocycles. The molecular formula is C26H28N6O8. The van der Waals surface area contributed by atoms with Gasteiger partial charge in [-0.3, -0.25) is 4.79 Å². The number of phenols is 1. The van der Waals surface area contributed by atoms with Crippen molar-refractivity contribution in [3.63, 3.8) is 0 Å². The lowest BCUT2D eigenvalue weighted by molar-refractivity contribution is -0.138. The van der Waals surface area contributed by atoms with Crippen molar-refractivity contribution in [2.75, 3.05) is 36.9 Å². The second-order valence-electron chi connectivity index (χ2n) is 8.02. The van der Waals surface area contributed by atoms with Gasteiger partial charge in [0.15, 0.2) is 0 Å². The molecule has 210 valence electrons. The van der Waals surface area contributed by atoms with Gasteiger partial charge in [0.25, 0.3) is 5.91 Å². The maximum atomic E-state index is 12.5. The molecular weight excluding hydrogens is 524 g/mol. The van der Waals surface area contributed by atoms with Gasteiger partial charge >= 0.3 is 18.0 Å². The zero-order chi connectivity index (χ0) is 28.9. The minimum atomic E-state index is -1.48. The number of carbonyl (C=O) groups is 4. The number of hydrogen-bond acceptors (Lipinski definition) is 10. The van der Waals surface area contributed by atoms with Crippen LogP contribution in [0.25, 0.3) is 0 Å². The smallest absolute Gasteiger partial charge is 0.338 e. The minimum Gasteiger partial charge on any atom is -0.507 e. The molecule has 0 aliphatic carbocycles. The van der Waals surface area contributed by atoms with Crippen LogP contribution in [0, 0.1) is 0 Å². The molecule has 0 saturated carbocycles. The zero-order valence-electron chi connectivity index (χ0n) is 21.4. The van der Waals surface area contributed by atoms with Crippen molar-refractivity contribution in [3.8, 4) is 11.5 Å². The third-order valence-corrected chi connectivity index (χ3v) is 5.16. The molecule has 14 nitrogen and oxygen atoms in total. The Kier molecular flexibility index (Phi) is 10.6. The number of carboxylic acid groups (broad SMARTS) is 1. The molecule has 0 fully saturated rings. The van der Waals surface area contributed by atoms with E-state index in [2.05, 4.69) is 31.2 Å². The molecule has 0 unspecified atom stereocenters. The first kappa shape index (κ1) is 29.2. The fourth-order valence-corrected chi connectivity index (χ4v) is 3.23.